The minimum Gasteiger partial charge on any atom is -0.494 e. The third-order valence-corrected chi connectivity index (χ3v) is 4.61. The summed E-state index contributed by atoms with van der Waals surface area (Å²) in [6.45, 7) is 2.52. The van der Waals surface area contributed by atoms with Gasteiger partial charge >= 0.3 is 0 Å². The van der Waals surface area contributed by atoms with Crippen molar-refractivity contribution in [2.24, 2.45) is 0 Å². The second-order valence-electron chi connectivity index (χ2n) is 6.34. The summed E-state index contributed by atoms with van der Waals surface area (Å²) in [6.07, 6.45) is 6.51. The predicted molar refractivity (Wildman–Crippen MR) is 102 cm³/mol. The molecule has 132 valence electrons. The van der Waals surface area contributed by atoms with Crippen molar-refractivity contribution >= 4 is 11.6 Å². The SMILES string of the molecule is CCOc1cccc(NC(=O)c2c[nH]c3c2-c2ncccc2CCC3)c1. The van der Waals surface area contributed by atoms with E-state index in [2.05, 4.69) is 21.4 Å². The Kier molecular flexibility index (Phi) is 4.44. The standard InChI is InChI=1S/C21H21N3O2/c1-2-26-16-9-4-8-15(12-16)24-21(25)17-13-23-18-10-3-6-14-7-5-11-22-20(14)19(17)18/h4-5,7-9,11-13,23H,2-3,6,10H2,1H3,(H,24,25). The van der Waals surface area contributed by atoms with Gasteiger partial charge in [-0.05, 0) is 49.9 Å². The molecule has 0 saturated carbocycles. The molecule has 2 N–H and O–H groups in total. The maximum absolute atomic E-state index is 12.9. The highest BCUT2D eigenvalue weighted by Gasteiger charge is 2.24. The minimum atomic E-state index is -0.144. The number of benzene rings is 1. The Morgan fingerprint density at radius 1 is 1.27 bits per heavy atom. The molecular weight excluding hydrogens is 326 g/mol. The van der Waals surface area contributed by atoms with Crippen molar-refractivity contribution in [1.82, 2.24) is 9.97 Å². The molecule has 0 radical (unpaired) electrons. The lowest BCUT2D eigenvalue weighted by Crippen LogP contribution is -2.12. The van der Waals surface area contributed by atoms with E-state index in [0.717, 1.165) is 42.0 Å². The topological polar surface area (TPSA) is 67.0 Å². The fourth-order valence-corrected chi connectivity index (χ4v) is 3.46. The van der Waals surface area contributed by atoms with Crippen LogP contribution < -0.4 is 10.1 Å². The van der Waals surface area contributed by atoms with Gasteiger partial charge in [-0.2, -0.15) is 0 Å². The molecular formula is C21H21N3O2. The first-order chi connectivity index (χ1) is 12.8. The van der Waals surface area contributed by atoms with Crippen LogP contribution in [0.5, 0.6) is 5.75 Å². The predicted octanol–water partition coefficient (Wildman–Crippen LogP) is 4.22. The van der Waals surface area contributed by atoms with Gasteiger partial charge in [0, 0.05) is 35.4 Å². The quantitative estimate of drug-likeness (QED) is 0.743. The smallest absolute Gasteiger partial charge is 0.257 e. The summed E-state index contributed by atoms with van der Waals surface area (Å²) < 4.78 is 5.50. The highest BCUT2D eigenvalue weighted by Crippen LogP contribution is 2.33. The molecule has 26 heavy (non-hydrogen) atoms. The number of nitrogens with zero attached hydrogens (tertiary/aromatic N) is 1. The molecule has 3 aromatic rings. The van der Waals surface area contributed by atoms with Gasteiger partial charge in [-0.1, -0.05) is 12.1 Å². The van der Waals surface area contributed by atoms with Gasteiger partial charge < -0.3 is 15.0 Å². The summed E-state index contributed by atoms with van der Waals surface area (Å²) in [4.78, 5) is 20.8. The second kappa shape index (κ2) is 7.04. The zero-order valence-corrected chi connectivity index (χ0v) is 14.7. The number of carbonyl (C=O) groups excluding carboxylic acids is 1. The molecule has 5 heteroatoms. The van der Waals surface area contributed by atoms with Gasteiger partial charge in [0.05, 0.1) is 17.9 Å². The Bertz CT molecular complexity index is 946. The summed E-state index contributed by atoms with van der Waals surface area (Å²) in [5.74, 6) is 0.597. The van der Waals surface area contributed by atoms with Crippen molar-refractivity contribution < 1.29 is 9.53 Å². The number of aromatic nitrogens is 2. The lowest BCUT2D eigenvalue weighted by atomic mass is 10.0. The molecule has 0 aliphatic heterocycles. The molecule has 0 saturated heterocycles. The monoisotopic (exact) mass is 347 g/mol. The number of pyridine rings is 1. The number of amides is 1. The summed E-state index contributed by atoms with van der Waals surface area (Å²) >= 11 is 0. The number of rotatable bonds is 4. The van der Waals surface area contributed by atoms with E-state index in [9.17, 15) is 4.79 Å². The van der Waals surface area contributed by atoms with Crippen LogP contribution in [0.2, 0.25) is 0 Å². The van der Waals surface area contributed by atoms with Gasteiger partial charge in [0.1, 0.15) is 5.75 Å². The highest BCUT2D eigenvalue weighted by molar-refractivity contribution is 6.09. The second-order valence-corrected chi connectivity index (χ2v) is 6.34. The van der Waals surface area contributed by atoms with Crippen LogP contribution in [0.3, 0.4) is 0 Å². The van der Waals surface area contributed by atoms with Crippen LogP contribution in [0.4, 0.5) is 5.69 Å². The van der Waals surface area contributed by atoms with Crippen molar-refractivity contribution in [3.05, 3.63) is 65.6 Å². The van der Waals surface area contributed by atoms with Crippen molar-refractivity contribution in [2.45, 2.75) is 26.2 Å². The lowest BCUT2D eigenvalue weighted by Gasteiger charge is -2.10. The zero-order chi connectivity index (χ0) is 17.9. The van der Waals surface area contributed by atoms with Crippen LogP contribution in [-0.2, 0) is 12.8 Å². The summed E-state index contributed by atoms with van der Waals surface area (Å²) in [5, 5.41) is 2.98. The Morgan fingerprint density at radius 3 is 3.08 bits per heavy atom. The first kappa shape index (κ1) is 16.4. The van der Waals surface area contributed by atoms with E-state index >= 15 is 0 Å². The molecule has 0 atom stereocenters. The van der Waals surface area contributed by atoms with Crippen molar-refractivity contribution in [3.63, 3.8) is 0 Å². The Balaban J connectivity index is 1.67. The lowest BCUT2D eigenvalue weighted by molar-refractivity contribution is 0.102. The molecule has 4 rings (SSSR count). The molecule has 1 aromatic carbocycles. The zero-order valence-electron chi connectivity index (χ0n) is 14.7. The van der Waals surface area contributed by atoms with E-state index in [1.54, 1.807) is 12.4 Å². The van der Waals surface area contributed by atoms with E-state index in [4.69, 9.17) is 4.74 Å². The van der Waals surface area contributed by atoms with Gasteiger partial charge in [0.15, 0.2) is 0 Å². The third-order valence-electron chi connectivity index (χ3n) is 4.61. The van der Waals surface area contributed by atoms with E-state index in [1.165, 1.54) is 5.56 Å². The largest absolute Gasteiger partial charge is 0.494 e. The van der Waals surface area contributed by atoms with Crippen LogP contribution in [0.1, 0.15) is 35.0 Å². The molecule has 1 amide bonds. The van der Waals surface area contributed by atoms with Crippen LogP contribution in [0.15, 0.2) is 48.8 Å². The highest BCUT2D eigenvalue weighted by atomic mass is 16.5. The number of ether oxygens (including phenoxy) is 1. The Labute approximate surface area is 152 Å². The van der Waals surface area contributed by atoms with Gasteiger partial charge in [0.2, 0.25) is 0 Å². The van der Waals surface area contributed by atoms with Crippen molar-refractivity contribution in [1.29, 1.82) is 0 Å². The number of anilines is 1. The van der Waals surface area contributed by atoms with E-state index in [0.29, 0.717) is 17.9 Å². The molecule has 2 heterocycles. The van der Waals surface area contributed by atoms with Gasteiger partial charge in [-0.25, -0.2) is 0 Å². The minimum absolute atomic E-state index is 0.144. The summed E-state index contributed by atoms with van der Waals surface area (Å²) in [7, 11) is 0. The Hall–Kier alpha value is -3.08. The number of hydrogen-bond acceptors (Lipinski definition) is 3. The number of carbonyl (C=O) groups is 1. The van der Waals surface area contributed by atoms with E-state index in [1.807, 2.05) is 37.3 Å². The molecule has 1 aliphatic carbocycles. The maximum Gasteiger partial charge on any atom is 0.257 e. The number of fused-ring (bicyclic) bond motifs is 3. The number of aryl methyl sites for hydroxylation is 2. The Morgan fingerprint density at radius 2 is 2.19 bits per heavy atom. The molecule has 0 unspecified atom stereocenters. The molecule has 0 spiro atoms. The average molecular weight is 347 g/mol. The van der Waals surface area contributed by atoms with Crippen molar-refractivity contribution in [3.8, 4) is 17.0 Å². The third kappa shape index (κ3) is 3.08. The maximum atomic E-state index is 12.9. The van der Waals surface area contributed by atoms with Crippen LogP contribution in [0.25, 0.3) is 11.3 Å². The summed E-state index contributed by atoms with van der Waals surface area (Å²) in [5.41, 5.74) is 5.45. The first-order valence-corrected chi connectivity index (χ1v) is 8.95. The molecule has 0 fully saturated rings. The molecule has 1 aliphatic rings. The van der Waals surface area contributed by atoms with E-state index < -0.39 is 0 Å². The van der Waals surface area contributed by atoms with Gasteiger partial charge in [-0.15, -0.1) is 0 Å². The number of aromatic amines is 1. The first-order valence-electron chi connectivity index (χ1n) is 8.95. The van der Waals surface area contributed by atoms with Crippen LogP contribution in [0, 0.1) is 0 Å². The number of hydrogen-bond donors (Lipinski definition) is 2. The number of nitrogens with one attached hydrogen (secondary N) is 2. The number of H-pyrrole nitrogens is 1. The van der Waals surface area contributed by atoms with Gasteiger partial charge in [0.25, 0.3) is 5.91 Å². The summed E-state index contributed by atoms with van der Waals surface area (Å²) in [6, 6.07) is 11.5. The van der Waals surface area contributed by atoms with E-state index in [-0.39, 0.29) is 5.91 Å². The van der Waals surface area contributed by atoms with Gasteiger partial charge in [-0.3, -0.25) is 9.78 Å². The van der Waals surface area contributed by atoms with Crippen LogP contribution in [-0.4, -0.2) is 22.5 Å². The molecule has 2 aromatic heterocycles. The van der Waals surface area contributed by atoms with Crippen molar-refractivity contribution in [2.75, 3.05) is 11.9 Å². The molecule has 0 bridgehead atoms. The average Bonchev–Trinajstić information content (AvgIpc) is 2.98. The fraction of sp³-hybridized carbons (Fsp3) is 0.238. The normalized spacial score (nSPS) is 12.7. The fourth-order valence-electron chi connectivity index (χ4n) is 3.46. The van der Waals surface area contributed by atoms with Crippen LogP contribution >= 0.6 is 0 Å². The molecule has 5 nitrogen and oxygen atoms in total.